The average molecular weight is 669 g/mol. The molecule has 2 aliphatic heterocycles. The van der Waals surface area contributed by atoms with E-state index in [0.29, 0.717) is 35.1 Å². The molecular weight excluding hydrogens is 636 g/mol. The number of nitrogens with zero attached hydrogens (tertiary/aromatic N) is 6. The summed E-state index contributed by atoms with van der Waals surface area (Å²) >= 11 is 0. The van der Waals surface area contributed by atoms with Gasteiger partial charge in [-0.3, -0.25) is 50.4 Å². The summed E-state index contributed by atoms with van der Waals surface area (Å²) in [6.07, 6.45) is 7.57. The van der Waals surface area contributed by atoms with Gasteiger partial charge in [0.15, 0.2) is 0 Å². The van der Waals surface area contributed by atoms with Gasteiger partial charge in [0.05, 0.1) is 43.0 Å². The number of aromatic hydroxyl groups is 1. The van der Waals surface area contributed by atoms with Gasteiger partial charge in [0.2, 0.25) is 0 Å². The maximum Gasteiger partial charge on any atom is 0.284 e. The van der Waals surface area contributed by atoms with Crippen molar-refractivity contribution in [3.63, 3.8) is 0 Å². The molecule has 4 unspecified atom stereocenters. The van der Waals surface area contributed by atoms with Crippen LogP contribution in [0.4, 0.5) is 22.7 Å². The van der Waals surface area contributed by atoms with Crippen molar-refractivity contribution in [2.24, 2.45) is 21.8 Å². The molecular formula is C34H32N6O9. The molecule has 0 aromatic heterocycles. The van der Waals surface area contributed by atoms with Crippen molar-refractivity contribution < 1.29 is 24.8 Å². The standard InChI is InChI=1S/C34H32N6O9/c1-5-20(3)33(16-22(18-35-33)26-12-10-24(37(42)43)14-30(26)39(46)47)28-8-7-9-29(32(28)41)34(21(4)6-2)17-23(19-36-34)27-13-11-25(38(44)45)15-31(27)40(48)49/h7-21,41H,5-6H2,1-4H3. The first-order chi connectivity index (χ1) is 23.2. The second-order valence-corrected chi connectivity index (χ2v) is 12.1. The van der Waals surface area contributed by atoms with Crippen molar-refractivity contribution in [2.45, 2.75) is 51.6 Å². The zero-order valence-corrected chi connectivity index (χ0v) is 27.0. The molecule has 252 valence electrons. The van der Waals surface area contributed by atoms with Crippen LogP contribution in [0.5, 0.6) is 5.75 Å². The van der Waals surface area contributed by atoms with Crippen LogP contribution in [0.2, 0.25) is 0 Å². The van der Waals surface area contributed by atoms with Crippen molar-refractivity contribution >= 4 is 46.3 Å². The van der Waals surface area contributed by atoms with Gasteiger partial charge in [0.25, 0.3) is 22.7 Å². The van der Waals surface area contributed by atoms with E-state index in [4.69, 9.17) is 9.98 Å². The second-order valence-electron chi connectivity index (χ2n) is 12.1. The lowest BCUT2D eigenvalue weighted by Gasteiger charge is -2.36. The van der Waals surface area contributed by atoms with Gasteiger partial charge in [-0.1, -0.05) is 58.7 Å². The summed E-state index contributed by atoms with van der Waals surface area (Å²) in [6, 6.07) is 12.0. The Hall–Kier alpha value is -6.12. The number of nitro groups is 4. The first-order valence-electron chi connectivity index (χ1n) is 15.5. The maximum atomic E-state index is 12.2. The van der Waals surface area contributed by atoms with Crippen LogP contribution in [0.3, 0.4) is 0 Å². The van der Waals surface area contributed by atoms with Crippen LogP contribution >= 0.6 is 0 Å². The van der Waals surface area contributed by atoms with E-state index >= 15 is 0 Å². The first-order valence-corrected chi connectivity index (χ1v) is 15.5. The van der Waals surface area contributed by atoms with E-state index in [1.165, 1.54) is 36.7 Å². The fourth-order valence-electron chi connectivity index (χ4n) is 6.50. The van der Waals surface area contributed by atoms with Crippen molar-refractivity contribution in [2.75, 3.05) is 0 Å². The van der Waals surface area contributed by atoms with Crippen LogP contribution in [-0.4, -0.2) is 37.2 Å². The van der Waals surface area contributed by atoms with E-state index < -0.39 is 53.5 Å². The number of nitro benzene ring substituents is 4. The molecule has 0 aliphatic carbocycles. The molecule has 49 heavy (non-hydrogen) atoms. The fourth-order valence-corrected chi connectivity index (χ4v) is 6.50. The molecule has 5 rings (SSSR count). The summed E-state index contributed by atoms with van der Waals surface area (Å²) in [5, 5.41) is 58.7. The minimum atomic E-state index is -1.19. The Bertz CT molecular complexity index is 1900. The highest BCUT2D eigenvalue weighted by Gasteiger charge is 2.45. The number of allylic oxidation sites excluding steroid dienone is 2. The first kappa shape index (κ1) is 34.2. The van der Waals surface area contributed by atoms with Crippen LogP contribution in [0.25, 0.3) is 11.1 Å². The summed E-state index contributed by atoms with van der Waals surface area (Å²) in [5.41, 5.74) is -2.38. The fraction of sp³-hybridized carbons (Fsp3) is 0.294. The van der Waals surface area contributed by atoms with Gasteiger partial charge in [0, 0.05) is 46.8 Å². The quantitative estimate of drug-likeness (QED) is 0.146. The molecule has 4 atom stereocenters. The molecule has 2 aliphatic rings. The smallest absolute Gasteiger partial charge is 0.284 e. The molecule has 0 amide bonds. The summed E-state index contributed by atoms with van der Waals surface area (Å²) in [5.74, 6) is -0.608. The van der Waals surface area contributed by atoms with Crippen LogP contribution < -0.4 is 0 Å². The Labute approximate surface area is 279 Å². The lowest BCUT2D eigenvalue weighted by atomic mass is 9.72. The van der Waals surface area contributed by atoms with Gasteiger partial charge < -0.3 is 5.11 Å². The van der Waals surface area contributed by atoms with E-state index in [2.05, 4.69) is 0 Å². The Morgan fingerprint density at radius 1 is 0.653 bits per heavy atom. The van der Waals surface area contributed by atoms with E-state index in [9.17, 15) is 45.6 Å². The molecule has 15 nitrogen and oxygen atoms in total. The normalized spacial score (nSPS) is 20.8. The topological polar surface area (TPSA) is 218 Å². The van der Waals surface area contributed by atoms with Gasteiger partial charge in [-0.2, -0.15) is 0 Å². The predicted molar refractivity (Wildman–Crippen MR) is 183 cm³/mol. The maximum absolute atomic E-state index is 12.2. The summed E-state index contributed by atoms with van der Waals surface area (Å²) in [6.45, 7) is 7.74. The van der Waals surface area contributed by atoms with Crippen molar-refractivity contribution in [3.05, 3.63) is 129 Å². The third-order valence-electron chi connectivity index (χ3n) is 9.61. The zero-order valence-electron chi connectivity index (χ0n) is 27.0. The monoisotopic (exact) mass is 668 g/mol. The largest absolute Gasteiger partial charge is 0.507 e. The number of rotatable bonds is 12. The number of hydrogen-bond acceptors (Lipinski definition) is 11. The number of hydrogen-bond donors (Lipinski definition) is 1. The molecule has 1 N–H and O–H groups in total. The lowest BCUT2D eigenvalue weighted by Crippen LogP contribution is -2.31. The Balaban J connectivity index is 1.69. The molecule has 15 heteroatoms. The van der Waals surface area contributed by atoms with E-state index in [1.54, 1.807) is 30.4 Å². The van der Waals surface area contributed by atoms with E-state index in [-0.39, 0.29) is 28.7 Å². The Morgan fingerprint density at radius 2 is 1.04 bits per heavy atom. The van der Waals surface area contributed by atoms with E-state index in [0.717, 1.165) is 12.1 Å². The number of phenols is 1. The molecule has 0 bridgehead atoms. The molecule has 2 heterocycles. The molecule has 3 aromatic carbocycles. The number of aliphatic imine (C=N–C) groups is 2. The van der Waals surface area contributed by atoms with Crippen molar-refractivity contribution in [1.29, 1.82) is 0 Å². The third-order valence-corrected chi connectivity index (χ3v) is 9.61. The van der Waals surface area contributed by atoms with Gasteiger partial charge in [-0.15, -0.1) is 0 Å². The van der Waals surface area contributed by atoms with E-state index in [1.807, 2.05) is 27.7 Å². The number of phenolic OH excluding ortho intramolecular Hbond substituents is 1. The second kappa shape index (κ2) is 12.8. The number of non-ortho nitro benzene ring substituents is 2. The summed E-state index contributed by atoms with van der Waals surface area (Å²) in [4.78, 5) is 53.5. The molecule has 3 aromatic rings. The molecule has 0 saturated carbocycles. The van der Waals surface area contributed by atoms with Crippen LogP contribution in [0.1, 0.15) is 62.8 Å². The minimum Gasteiger partial charge on any atom is -0.507 e. The van der Waals surface area contributed by atoms with Gasteiger partial charge in [-0.25, -0.2) is 0 Å². The molecule has 0 fully saturated rings. The number of para-hydroxylation sites is 1. The zero-order chi connectivity index (χ0) is 35.8. The predicted octanol–water partition coefficient (Wildman–Crippen LogP) is 7.84. The highest BCUT2D eigenvalue weighted by molar-refractivity contribution is 6.15. The van der Waals surface area contributed by atoms with Gasteiger partial charge in [0.1, 0.15) is 16.8 Å². The summed E-state index contributed by atoms with van der Waals surface area (Å²) in [7, 11) is 0. The molecule has 0 radical (unpaired) electrons. The number of benzene rings is 3. The van der Waals surface area contributed by atoms with Crippen molar-refractivity contribution in [1.82, 2.24) is 0 Å². The molecule has 0 spiro atoms. The average Bonchev–Trinajstić information content (AvgIpc) is 3.74. The van der Waals surface area contributed by atoms with Crippen LogP contribution in [-0.2, 0) is 11.1 Å². The van der Waals surface area contributed by atoms with Crippen molar-refractivity contribution in [3.8, 4) is 5.75 Å². The van der Waals surface area contributed by atoms with Crippen LogP contribution in [0.15, 0.2) is 76.7 Å². The lowest BCUT2D eigenvalue weighted by molar-refractivity contribution is -0.394. The van der Waals surface area contributed by atoms with Crippen LogP contribution in [0, 0.1) is 52.3 Å². The third kappa shape index (κ3) is 5.72. The Kier molecular flexibility index (Phi) is 8.96. The highest BCUT2D eigenvalue weighted by atomic mass is 16.6. The molecule has 0 saturated heterocycles. The SMILES string of the molecule is CCC(C)C1(c2cccc(C3(C(C)CC)C=C(c4ccc([N+](=O)[O-])cc4[N+](=O)[O-])C=N3)c2O)C=C(c2ccc([N+](=O)[O-])cc2[N+](=O)[O-])C=N1. The summed E-state index contributed by atoms with van der Waals surface area (Å²) < 4.78 is 0. The van der Waals surface area contributed by atoms with Gasteiger partial charge in [-0.05, 0) is 36.1 Å². The minimum absolute atomic E-state index is 0.133. The van der Waals surface area contributed by atoms with Gasteiger partial charge >= 0.3 is 0 Å². The highest BCUT2D eigenvalue weighted by Crippen LogP contribution is 2.52. The Morgan fingerprint density at radius 3 is 1.37 bits per heavy atom.